The molecule has 2 aromatic carbocycles. The summed E-state index contributed by atoms with van der Waals surface area (Å²) in [4.78, 5) is 14.4. The number of hydrogen-bond acceptors (Lipinski definition) is 4. The quantitative estimate of drug-likeness (QED) is 0.859. The van der Waals surface area contributed by atoms with Crippen LogP contribution in [0.2, 0.25) is 0 Å². The molecule has 2 aromatic rings. The molecular weight excluding hydrogens is 328 g/mol. The molecule has 5 nitrogen and oxygen atoms in total. The van der Waals surface area contributed by atoms with Crippen LogP contribution in [0.5, 0.6) is 5.75 Å². The van der Waals surface area contributed by atoms with Crippen molar-refractivity contribution in [2.45, 2.75) is 32.4 Å². The van der Waals surface area contributed by atoms with Gasteiger partial charge in [0.2, 0.25) is 5.91 Å². The molecule has 1 N–H and O–H groups in total. The van der Waals surface area contributed by atoms with Crippen LogP contribution in [0.4, 0.5) is 11.4 Å². The summed E-state index contributed by atoms with van der Waals surface area (Å²) in [5.74, 6) is 0.723. The second-order valence-electron chi connectivity index (χ2n) is 6.65. The van der Waals surface area contributed by atoms with E-state index in [9.17, 15) is 4.79 Å². The van der Waals surface area contributed by atoms with Crippen molar-refractivity contribution in [2.24, 2.45) is 0 Å². The molecule has 0 aromatic heterocycles. The van der Waals surface area contributed by atoms with Crippen molar-refractivity contribution >= 4 is 17.3 Å². The Kier molecular flexibility index (Phi) is 6.12. The van der Waals surface area contributed by atoms with E-state index in [2.05, 4.69) is 24.1 Å². The molecule has 26 heavy (non-hydrogen) atoms. The van der Waals surface area contributed by atoms with Gasteiger partial charge < -0.3 is 19.7 Å². The van der Waals surface area contributed by atoms with Crippen molar-refractivity contribution in [1.82, 2.24) is 0 Å². The molecule has 1 saturated heterocycles. The van der Waals surface area contributed by atoms with E-state index >= 15 is 0 Å². The minimum Gasteiger partial charge on any atom is -0.493 e. The molecule has 1 amide bonds. The molecular formula is C21H26N2O3. The molecule has 1 fully saturated rings. The predicted octanol–water partition coefficient (Wildman–Crippen LogP) is 3.71. The third kappa shape index (κ3) is 4.99. The van der Waals surface area contributed by atoms with Crippen LogP contribution in [-0.4, -0.2) is 37.8 Å². The number of rotatable bonds is 6. The summed E-state index contributed by atoms with van der Waals surface area (Å²) in [6, 6.07) is 17.8. The van der Waals surface area contributed by atoms with E-state index in [1.165, 1.54) is 0 Å². The Morgan fingerprint density at radius 1 is 1.15 bits per heavy atom. The lowest BCUT2D eigenvalue weighted by molar-refractivity contribution is -0.116. The molecule has 0 spiro atoms. The Bertz CT molecular complexity index is 703. The lowest BCUT2D eigenvalue weighted by atomic mass is 10.1. The van der Waals surface area contributed by atoms with E-state index in [0.717, 1.165) is 30.3 Å². The van der Waals surface area contributed by atoms with Gasteiger partial charge in [0.1, 0.15) is 5.75 Å². The zero-order valence-corrected chi connectivity index (χ0v) is 15.4. The van der Waals surface area contributed by atoms with Gasteiger partial charge in [0.05, 0.1) is 25.7 Å². The highest BCUT2D eigenvalue weighted by molar-refractivity contribution is 5.90. The third-order valence-electron chi connectivity index (χ3n) is 4.43. The average Bonchev–Trinajstić information content (AvgIpc) is 2.65. The number of benzene rings is 2. The van der Waals surface area contributed by atoms with Crippen molar-refractivity contribution in [3.63, 3.8) is 0 Å². The van der Waals surface area contributed by atoms with Crippen molar-refractivity contribution < 1.29 is 14.3 Å². The second-order valence-corrected chi connectivity index (χ2v) is 6.65. The van der Waals surface area contributed by atoms with Crippen LogP contribution in [0.1, 0.15) is 20.3 Å². The molecule has 1 aliphatic rings. The van der Waals surface area contributed by atoms with E-state index < -0.39 is 0 Å². The van der Waals surface area contributed by atoms with Crippen LogP contribution in [0.25, 0.3) is 0 Å². The number of hydrogen-bond donors (Lipinski definition) is 1. The zero-order valence-electron chi connectivity index (χ0n) is 15.4. The summed E-state index contributed by atoms with van der Waals surface area (Å²) in [7, 11) is 0. The monoisotopic (exact) mass is 354 g/mol. The van der Waals surface area contributed by atoms with E-state index in [-0.39, 0.29) is 12.0 Å². The normalized spacial score (nSPS) is 19.8. The Hall–Kier alpha value is -2.53. The van der Waals surface area contributed by atoms with Gasteiger partial charge in [-0.3, -0.25) is 4.79 Å². The van der Waals surface area contributed by atoms with Gasteiger partial charge in [-0.1, -0.05) is 18.2 Å². The first-order chi connectivity index (χ1) is 12.6. The van der Waals surface area contributed by atoms with Crippen molar-refractivity contribution in [2.75, 3.05) is 30.0 Å². The van der Waals surface area contributed by atoms with Gasteiger partial charge in [-0.05, 0) is 50.2 Å². The Morgan fingerprint density at radius 2 is 1.88 bits per heavy atom. The number of carbonyl (C=O) groups is 1. The number of nitrogens with zero attached hydrogens (tertiary/aromatic N) is 1. The summed E-state index contributed by atoms with van der Waals surface area (Å²) >= 11 is 0. The number of amides is 1. The summed E-state index contributed by atoms with van der Waals surface area (Å²) < 4.78 is 11.2. The van der Waals surface area contributed by atoms with Crippen LogP contribution in [0.3, 0.4) is 0 Å². The van der Waals surface area contributed by atoms with E-state index in [1.54, 1.807) is 0 Å². The van der Waals surface area contributed by atoms with Gasteiger partial charge >= 0.3 is 0 Å². The van der Waals surface area contributed by atoms with E-state index in [4.69, 9.17) is 9.47 Å². The molecule has 0 radical (unpaired) electrons. The maximum atomic E-state index is 12.1. The van der Waals surface area contributed by atoms with Crippen LogP contribution >= 0.6 is 0 Å². The van der Waals surface area contributed by atoms with Crippen molar-refractivity contribution in [3.05, 3.63) is 54.6 Å². The lowest BCUT2D eigenvalue weighted by Crippen LogP contribution is -2.47. The number of para-hydroxylation sites is 1. The molecule has 138 valence electrons. The van der Waals surface area contributed by atoms with Gasteiger partial charge in [-0.25, -0.2) is 0 Å². The molecule has 1 aliphatic heterocycles. The second kappa shape index (κ2) is 8.72. The highest BCUT2D eigenvalue weighted by Gasteiger charge is 2.23. The average molecular weight is 354 g/mol. The summed E-state index contributed by atoms with van der Waals surface area (Å²) in [6.07, 6.45) is 0.546. The Morgan fingerprint density at radius 3 is 2.62 bits per heavy atom. The Balaban J connectivity index is 1.48. The van der Waals surface area contributed by atoms with Crippen LogP contribution in [0, 0.1) is 0 Å². The number of nitrogens with one attached hydrogen (secondary N) is 1. The molecule has 3 rings (SSSR count). The highest BCUT2D eigenvalue weighted by atomic mass is 16.5. The molecule has 0 saturated carbocycles. The maximum Gasteiger partial charge on any atom is 0.227 e. The standard InChI is InChI=1S/C21H26N2O3/c1-16-15-26-17(2)14-23(16)19-10-8-18(9-11-19)22-21(24)12-13-25-20-6-4-3-5-7-20/h3-11,16-17H,12-15H2,1-2H3,(H,22,24). The van der Waals surface area contributed by atoms with Crippen LogP contribution in [-0.2, 0) is 9.53 Å². The molecule has 5 heteroatoms. The number of morpholine rings is 1. The molecule has 0 bridgehead atoms. The minimum absolute atomic E-state index is 0.0537. The zero-order chi connectivity index (χ0) is 18.4. The fourth-order valence-corrected chi connectivity index (χ4v) is 3.00. The summed E-state index contributed by atoms with van der Waals surface area (Å²) in [5.41, 5.74) is 1.95. The van der Waals surface area contributed by atoms with E-state index in [0.29, 0.717) is 19.1 Å². The first-order valence-corrected chi connectivity index (χ1v) is 9.08. The van der Waals surface area contributed by atoms with Gasteiger partial charge in [0, 0.05) is 24.0 Å². The summed E-state index contributed by atoms with van der Waals surface area (Å²) in [5, 5.41) is 2.92. The van der Waals surface area contributed by atoms with Crippen LogP contribution < -0.4 is 15.0 Å². The van der Waals surface area contributed by atoms with Crippen LogP contribution in [0.15, 0.2) is 54.6 Å². The van der Waals surface area contributed by atoms with Crippen molar-refractivity contribution in [3.8, 4) is 5.75 Å². The number of ether oxygens (including phenoxy) is 2. The maximum absolute atomic E-state index is 12.1. The first kappa shape index (κ1) is 18.3. The van der Waals surface area contributed by atoms with Gasteiger partial charge in [-0.2, -0.15) is 0 Å². The molecule has 2 atom stereocenters. The fraction of sp³-hybridized carbons (Fsp3) is 0.381. The molecule has 1 heterocycles. The predicted molar refractivity (Wildman–Crippen MR) is 104 cm³/mol. The third-order valence-corrected chi connectivity index (χ3v) is 4.43. The number of anilines is 2. The number of carbonyl (C=O) groups excluding carboxylic acids is 1. The molecule has 0 aliphatic carbocycles. The molecule has 2 unspecified atom stereocenters. The minimum atomic E-state index is -0.0537. The van der Waals surface area contributed by atoms with Gasteiger partial charge in [0.25, 0.3) is 0 Å². The first-order valence-electron chi connectivity index (χ1n) is 9.08. The Labute approximate surface area is 154 Å². The van der Waals surface area contributed by atoms with E-state index in [1.807, 2.05) is 54.6 Å². The topological polar surface area (TPSA) is 50.8 Å². The highest BCUT2D eigenvalue weighted by Crippen LogP contribution is 2.23. The summed E-state index contributed by atoms with van der Waals surface area (Å²) in [6.45, 7) is 6.22. The fourth-order valence-electron chi connectivity index (χ4n) is 3.00. The largest absolute Gasteiger partial charge is 0.493 e. The van der Waals surface area contributed by atoms with Gasteiger partial charge in [-0.15, -0.1) is 0 Å². The smallest absolute Gasteiger partial charge is 0.227 e. The van der Waals surface area contributed by atoms with Crippen molar-refractivity contribution in [1.29, 1.82) is 0 Å². The SMILES string of the molecule is CC1CN(c2ccc(NC(=O)CCOc3ccccc3)cc2)C(C)CO1. The van der Waals surface area contributed by atoms with Gasteiger partial charge in [0.15, 0.2) is 0 Å². The lowest BCUT2D eigenvalue weighted by Gasteiger charge is -2.38.